The number of piperidine rings is 1. The van der Waals surface area contributed by atoms with Crippen LogP contribution in [0.25, 0.3) is 16.8 Å². The van der Waals surface area contributed by atoms with E-state index in [0.29, 0.717) is 32.9 Å². The second-order valence-electron chi connectivity index (χ2n) is 10.5. The molecule has 10 nitrogen and oxygen atoms in total. The van der Waals surface area contributed by atoms with E-state index in [2.05, 4.69) is 47.1 Å². The van der Waals surface area contributed by atoms with Crippen molar-refractivity contribution in [1.29, 1.82) is 0 Å². The second kappa shape index (κ2) is 10.5. The van der Waals surface area contributed by atoms with Gasteiger partial charge in [0.2, 0.25) is 0 Å². The van der Waals surface area contributed by atoms with E-state index in [0.717, 1.165) is 67.0 Å². The second-order valence-corrected chi connectivity index (χ2v) is 10.5. The number of rotatable bonds is 6. The fraction of sp³-hybridized carbons (Fsp3) is 0.536. The minimum Gasteiger partial charge on any atom is -0.441 e. The molecule has 1 amide bonds. The number of nitrogens with zero attached hydrogens (tertiary/aromatic N) is 6. The molecule has 6 heterocycles. The van der Waals surface area contributed by atoms with Gasteiger partial charge in [-0.15, -0.1) is 0 Å². The minimum absolute atomic E-state index is 0.101. The molecule has 202 valence electrons. The summed E-state index contributed by atoms with van der Waals surface area (Å²) >= 11 is 0. The molecule has 3 aliphatic rings. The van der Waals surface area contributed by atoms with Crippen LogP contribution in [0.15, 0.2) is 42.9 Å². The Morgan fingerprint density at radius 1 is 1.16 bits per heavy atom. The molecule has 0 bridgehead atoms. The molecule has 0 spiro atoms. The Kier molecular flexibility index (Phi) is 6.94. The average molecular weight is 521 g/mol. The lowest BCUT2D eigenvalue weighted by Crippen LogP contribution is -2.51. The lowest BCUT2D eigenvalue weighted by molar-refractivity contribution is -0.104. The van der Waals surface area contributed by atoms with Gasteiger partial charge in [0.25, 0.3) is 0 Å². The summed E-state index contributed by atoms with van der Waals surface area (Å²) in [6.45, 7) is 8.43. The Labute approximate surface area is 223 Å². The van der Waals surface area contributed by atoms with Crippen LogP contribution >= 0.6 is 0 Å². The molecule has 10 heteroatoms. The smallest absolute Gasteiger partial charge is 0.410 e. The lowest BCUT2D eigenvalue weighted by atomic mass is 9.86. The predicted molar refractivity (Wildman–Crippen MR) is 143 cm³/mol. The molecule has 3 aliphatic heterocycles. The maximum absolute atomic E-state index is 12.4. The van der Waals surface area contributed by atoms with Crippen LogP contribution in [-0.2, 0) is 19.8 Å². The Balaban J connectivity index is 1.18. The Morgan fingerprint density at radius 2 is 2.00 bits per heavy atom. The van der Waals surface area contributed by atoms with Gasteiger partial charge in [-0.3, -0.25) is 4.98 Å². The summed E-state index contributed by atoms with van der Waals surface area (Å²) in [5, 5.41) is 4.55. The van der Waals surface area contributed by atoms with Crippen LogP contribution in [0.3, 0.4) is 0 Å². The van der Waals surface area contributed by atoms with Gasteiger partial charge in [-0.05, 0) is 51.6 Å². The van der Waals surface area contributed by atoms with Gasteiger partial charge in [0.05, 0.1) is 30.1 Å². The summed E-state index contributed by atoms with van der Waals surface area (Å²) in [5.74, 6) is 0. The van der Waals surface area contributed by atoms with E-state index in [1.165, 1.54) is 0 Å². The number of fused-ring (bicyclic) bond motifs is 1. The van der Waals surface area contributed by atoms with Gasteiger partial charge in [-0.2, -0.15) is 5.10 Å². The van der Waals surface area contributed by atoms with E-state index in [-0.39, 0.29) is 17.8 Å². The number of hydrogen-bond donors (Lipinski definition) is 0. The Bertz CT molecular complexity index is 1260. The molecule has 0 radical (unpaired) electrons. The van der Waals surface area contributed by atoms with E-state index in [1.807, 2.05) is 29.2 Å². The maximum atomic E-state index is 12.4. The van der Waals surface area contributed by atoms with E-state index in [1.54, 1.807) is 4.90 Å². The third-order valence-corrected chi connectivity index (χ3v) is 7.89. The predicted octanol–water partition coefficient (Wildman–Crippen LogP) is 3.01. The molecule has 0 saturated carbocycles. The van der Waals surface area contributed by atoms with E-state index in [4.69, 9.17) is 19.2 Å². The van der Waals surface area contributed by atoms with Crippen molar-refractivity contribution in [3.05, 3.63) is 48.4 Å². The van der Waals surface area contributed by atoms with Gasteiger partial charge in [0, 0.05) is 69.0 Å². The molecule has 6 rings (SSSR count). The van der Waals surface area contributed by atoms with Gasteiger partial charge < -0.3 is 28.9 Å². The van der Waals surface area contributed by atoms with E-state index >= 15 is 0 Å². The zero-order valence-corrected chi connectivity index (χ0v) is 22.2. The number of pyridine rings is 1. The first-order chi connectivity index (χ1) is 18.5. The number of piperazine rings is 1. The zero-order valence-electron chi connectivity index (χ0n) is 22.2. The van der Waals surface area contributed by atoms with Gasteiger partial charge in [0.1, 0.15) is 5.60 Å². The van der Waals surface area contributed by atoms with Crippen molar-refractivity contribution < 1.29 is 19.0 Å². The number of carbonyl (C=O) groups is 1. The highest BCUT2D eigenvalue weighted by molar-refractivity contribution is 5.79. The van der Waals surface area contributed by atoms with Crippen molar-refractivity contribution in [2.24, 2.45) is 0 Å². The molecule has 38 heavy (non-hydrogen) atoms. The number of likely N-dealkylation sites (N-methyl/N-ethyl adjacent to an activating group) is 1. The van der Waals surface area contributed by atoms with Crippen LogP contribution in [0.5, 0.6) is 0 Å². The van der Waals surface area contributed by atoms with Crippen molar-refractivity contribution in [3.63, 3.8) is 0 Å². The van der Waals surface area contributed by atoms with Crippen molar-refractivity contribution in [1.82, 2.24) is 24.4 Å². The lowest BCUT2D eigenvalue weighted by Gasteiger charge is -2.41. The fourth-order valence-electron chi connectivity index (χ4n) is 5.81. The van der Waals surface area contributed by atoms with Crippen LogP contribution in [0.2, 0.25) is 0 Å². The molecule has 0 aliphatic carbocycles. The number of aromatic nitrogens is 3. The number of likely N-dealkylation sites (tertiary alicyclic amines) is 1. The highest BCUT2D eigenvalue weighted by atomic mass is 16.6. The third kappa shape index (κ3) is 4.83. The first-order valence-corrected chi connectivity index (χ1v) is 13.6. The summed E-state index contributed by atoms with van der Waals surface area (Å²) in [6.07, 6.45) is 7.61. The van der Waals surface area contributed by atoms with E-state index in [9.17, 15) is 4.79 Å². The van der Waals surface area contributed by atoms with Crippen LogP contribution in [-0.4, -0.2) is 103 Å². The summed E-state index contributed by atoms with van der Waals surface area (Å²) in [7, 11) is 2.16. The highest BCUT2D eigenvalue weighted by Gasteiger charge is 2.37. The summed E-state index contributed by atoms with van der Waals surface area (Å²) < 4.78 is 18.8. The van der Waals surface area contributed by atoms with Crippen molar-refractivity contribution in [2.75, 3.05) is 71.0 Å². The standard InChI is InChI=1S/C28H36N6O4/c1-3-37-28(8-4-10-31(2)20-28)22-5-6-24(29-16-22)21-15-26-25(7-9-30-34(26)17-21)32-11-13-33(14-12-32)27(35)38-23-18-36-19-23/h5-7,9,15-17,23H,3-4,8,10-14,18-20H2,1-2H3/t28-/m0/s1. The summed E-state index contributed by atoms with van der Waals surface area (Å²) in [5.41, 5.74) is 4.90. The third-order valence-electron chi connectivity index (χ3n) is 7.89. The van der Waals surface area contributed by atoms with Crippen LogP contribution in [0.1, 0.15) is 25.3 Å². The molecule has 0 aromatic carbocycles. The number of amides is 1. The largest absolute Gasteiger partial charge is 0.441 e. The molecule has 3 aromatic heterocycles. The molecule has 0 N–H and O–H groups in total. The molecular formula is C28H36N6O4. The van der Waals surface area contributed by atoms with Crippen LogP contribution in [0, 0.1) is 0 Å². The fourth-order valence-corrected chi connectivity index (χ4v) is 5.81. The van der Waals surface area contributed by atoms with Gasteiger partial charge in [-0.1, -0.05) is 6.07 Å². The van der Waals surface area contributed by atoms with Crippen molar-refractivity contribution in [2.45, 2.75) is 31.5 Å². The zero-order chi connectivity index (χ0) is 26.1. The quantitative estimate of drug-likeness (QED) is 0.491. The molecule has 1 atom stereocenters. The number of hydrogen-bond acceptors (Lipinski definition) is 8. The molecule has 3 saturated heterocycles. The SMILES string of the molecule is CCO[C@@]1(c2ccc(-c3cc4c(N5CCN(C(=O)OC6COC6)CC5)ccnn4c3)nc2)CCCN(C)C1. The monoisotopic (exact) mass is 520 g/mol. The maximum Gasteiger partial charge on any atom is 0.410 e. The van der Waals surface area contributed by atoms with Gasteiger partial charge >= 0.3 is 6.09 Å². The molecule has 0 unspecified atom stereocenters. The topological polar surface area (TPSA) is 84.7 Å². The molecule has 3 aromatic rings. The minimum atomic E-state index is -0.298. The van der Waals surface area contributed by atoms with Crippen molar-refractivity contribution >= 4 is 17.3 Å². The van der Waals surface area contributed by atoms with Gasteiger partial charge in [0.15, 0.2) is 6.10 Å². The number of anilines is 1. The first kappa shape index (κ1) is 25.1. The number of ether oxygens (including phenoxy) is 3. The summed E-state index contributed by atoms with van der Waals surface area (Å²) in [6, 6.07) is 8.45. The normalized spacial score (nSPS) is 23.0. The van der Waals surface area contributed by atoms with Crippen LogP contribution in [0.4, 0.5) is 10.5 Å². The highest BCUT2D eigenvalue weighted by Crippen LogP contribution is 2.36. The first-order valence-electron chi connectivity index (χ1n) is 13.6. The van der Waals surface area contributed by atoms with E-state index < -0.39 is 0 Å². The number of carbonyl (C=O) groups excluding carboxylic acids is 1. The Morgan fingerprint density at radius 3 is 2.68 bits per heavy atom. The molecule has 3 fully saturated rings. The molecular weight excluding hydrogens is 484 g/mol. The Hall–Kier alpha value is -3.21. The average Bonchev–Trinajstić information content (AvgIpc) is 3.36. The van der Waals surface area contributed by atoms with Crippen molar-refractivity contribution in [3.8, 4) is 11.3 Å². The van der Waals surface area contributed by atoms with Crippen LogP contribution < -0.4 is 4.90 Å². The van der Waals surface area contributed by atoms with Gasteiger partial charge in [-0.25, -0.2) is 9.31 Å². The summed E-state index contributed by atoms with van der Waals surface area (Å²) in [4.78, 5) is 23.7.